The van der Waals surface area contributed by atoms with Crippen molar-refractivity contribution in [2.45, 2.75) is 57.4 Å². The zero-order valence-electron chi connectivity index (χ0n) is 20.7. The molecular formula is C27H33N3O3S2. The molecule has 8 heteroatoms. The number of carbonyl (C=O) groups is 2. The average molecular weight is 512 g/mol. The van der Waals surface area contributed by atoms with Gasteiger partial charge in [-0.1, -0.05) is 46.8 Å². The second-order valence-corrected chi connectivity index (χ2v) is 11.9. The van der Waals surface area contributed by atoms with Gasteiger partial charge in [0, 0.05) is 26.2 Å². The van der Waals surface area contributed by atoms with Crippen LogP contribution >= 0.6 is 23.3 Å². The van der Waals surface area contributed by atoms with Crippen molar-refractivity contribution in [2.24, 2.45) is 5.92 Å². The molecule has 0 aliphatic carbocycles. The van der Waals surface area contributed by atoms with Crippen molar-refractivity contribution in [3.8, 4) is 0 Å². The summed E-state index contributed by atoms with van der Waals surface area (Å²) in [6.07, 6.45) is 3.62. The molecule has 0 saturated carbocycles. The molecule has 4 N–H and O–H groups in total. The van der Waals surface area contributed by atoms with Crippen LogP contribution in [-0.4, -0.2) is 23.1 Å². The lowest BCUT2D eigenvalue weighted by atomic mass is 9.87. The van der Waals surface area contributed by atoms with Crippen molar-refractivity contribution in [1.29, 1.82) is 0 Å². The Morgan fingerprint density at radius 3 is 2.43 bits per heavy atom. The van der Waals surface area contributed by atoms with E-state index in [1.54, 1.807) is 11.6 Å². The summed E-state index contributed by atoms with van der Waals surface area (Å²) in [5.41, 5.74) is 3.68. The number of hydrogen-bond acceptors (Lipinski definition) is 6. The maximum Gasteiger partial charge on any atom is 0.267 e. The van der Waals surface area contributed by atoms with Crippen LogP contribution in [-0.2, 0) is 15.0 Å². The van der Waals surface area contributed by atoms with Crippen molar-refractivity contribution >= 4 is 56.9 Å². The molecule has 3 rings (SSSR count). The summed E-state index contributed by atoms with van der Waals surface area (Å²) in [4.78, 5) is 26.3. The van der Waals surface area contributed by atoms with E-state index in [4.69, 9.17) is 5.21 Å². The highest BCUT2D eigenvalue weighted by Crippen LogP contribution is 2.29. The first kappa shape index (κ1) is 26.9. The molecule has 0 aliphatic rings. The molecule has 0 aliphatic heterocycles. The number of benzene rings is 2. The number of rotatable bonds is 9. The number of anilines is 1. The van der Waals surface area contributed by atoms with Crippen molar-refractivity contribution in [1.82, 2.24) is 10.2 Å². The summed E-state index contributed by atoms with van der Waals surface area (Å²) < 4.78 is 4.40. The number of carbonyl (C=O) groups excluding carboxylic acids is 2. The first-order valence-corrected chi connectivity index (χ1v) is 13.2. The molecular weight excluding hydrogens is 478 g/mol. The van der Waals surface area contributed by atoms with Crippen LogP contribution in [0, 0.1) is 5.92 Å². The number of amides is 2. The number of hydroxylamine groups is 1. The van der Waals surface area contributed by atoms with Gasteiger partial charge in [-0.15, -0.1) is 11.3 Å². The first-order chi connectivity index (χ1) is 16.5. The van der Waals surface area contributed by atoms with Crippen LogP contribution in [0.25, 0.3) is 16.2 Å². The van der Waals surface area contributed by atoms with Gasteiger partial charge in [0.1, 0.15) is 0 Å². The Labute approximate surface area is 215 Å². The fourth-order valence-corrected chi connectivity index (χ4v) is 5.19. The minimum absolute atomic E-state index is 0.0770. The van der Waals surface area contributed by atoms with E-state index in [9.17, 15) is 9.59 Å². The molecule has 1 unspecified atom stereocenters. The molecule has 1 heterocycles. The summed E-state index contributed by atoms with van der Waals surface area (Å²) in [5, 5.41) is 12.6. The number of fused-ring (bicyclic) bond motifs is 1. The van der Waals surface area contributed by atoms with Crippen LogP contribution in [0.5, 0.6) is 0 Å². The van der Waals surface area contributed by atoms with E-state index < -0.39 is 5.91 Å². The summed E-state index contributed by atoms with van der Waals surface area (Å²) in [7, 11) is 0. The smallest absolute Gasteiger partial charge is 0.267 e. The van der Waals surface area contributed by atoms with Crippen LogP contribution < -0.4 is 15.5 Å². The predicted molar refractivity (Wildman–Crippen MR) is 147 cm³/mol. The topological polar surface area (TPSA) is 90.5 Å². The highest BCUT2D eigenvalue weighted by molar-refractivity contribution is 7.97. The quantitative estimate of drug-likeness (QED) is 0.116. The van der Waals surface area contributed by atoms with Crippen molar-refractivity contribution in [2.75, 3.05) is 5.32 Å². The summed E-state index contributed by atoms with van der Waals surface area (Å²) >= 11 is 3.00. The summed E-state index contributed by atoms with van der Waals surface area (Å²) in [6.45, 7) is 10.8. The van der Waals surface area contributed by atoms with Crippen LogP contribution in [0.4, 0.5) is 5.69 Å². The number of thiophene rings is 1. The molecule has 2 amide bonds. The second-order valence-electron chi connectivity index (χ2n) is 9.88. The molecule has 1 aromatic heterocycles. The molecule has 0 radical (unpaired) electrons. The van der Waals surface area contributed by atoms with E-state index in [2.05, 4.69) is 68.9 Å². The largest absolute Gasteiger partial charge is 0.325 e. The molecule has 1 atom stereocenters. The van der Waals surface area contributed by atoms with Gasteiger partial charge in [-0.05, 0) is 83.1 Å². The van der Waals surface area contributed by atoms with E-state index in [-0.39, 0.29) is 17.4 Å². The maximum absolute atomic E-state index is 13.1. The monoisotopic (exact) mass is 511 g/mol. The van der Waals surface area contributed by atoms with Crippen molar-refractivity contribution in [3.63, 3.8) is 0 Å². The minimum Gasteiger partial charge on any atom is -0.325 e. The standard InChI is InChI=1S/C27H33N3O3S2/c1-17(2)14-23(30-35-21-9-6-19(7-10-21)27(3,4)5)26(32)28-20-8-12-24-18(15-20)16-22(34-24)11-13-25(31)29-33/h6-13,15-17,23,30,33H,14H2,1-5H3,(H,28,32)(H,29,31)/b13-11+. The van der Waals surface area contributed by atoms with E-state index >= 15 is 0 Å². The molecule has 2 aromatic carbocycles. The number of nitrogens with one attached hydrogen (secondary N) is 3. The lowest BCUT2D eigenvalue weighted by Crippen LogP contribution is -2.38. The molecule has 186 valence electrons. The van der Waals surface area contributed by atoms with Crippen molar-refractivity contribution in [3.05, 3.63) is 65.0 Å². The average Bonchev–Trinajstić information content (AvgIpc) is 3.21. The van der Waals surface area contributed by atoms with Gasteiger partial charge in [0.05, 0.1) is 6.04 Å². The molecule has 6 nitrogen and oxygen atoms in total. The van der Waals surface area contributed by atoms with Crippen LogP contribution in [0.15, 0.2) is 59.5 Å². The molecule has 3 aromatic rings. The summed E-state index contributed by atoms with van der Waals surface area (Å²) in [6, 6.07) is 15.8. The third-order valence-corrected chi connectivity index (χ3v) is 7.37. The number of hydrogen-bond donors (Lipinski definition) is 4. The highest BCUT2D eigenvalue weighted by atomic mass is 32.2. The Hall–Kier alpha value is -2.65. The minimum atomic E-state index is -0.581. The van der Waals surface area contributed by atoms with Gasteiger partial charge >= 0.3 is 0 Å². The second kappa shape index (κ2) is 11.9. The molecule has 0 spiro atoms. The SMILES string of the molecule is CC(C)CC(NSc1ccc(C(C)(C)C)cc1)C(=O)Nc1ccc2sc(/C=C/C(=O)NO)cc2c1. The zero-order chi connectivity index (χ0) is 25.6. The van der Waals surface area contributed by atoms with Gasteiger partial charge < -0.3 is 5.32 Å². The van der Waals surface area contributed by atoms with Crippen LogP contribution in [0.1, 0.15) is 51.5 Å². The lowest BCUT2D eigenvalue weighted by molar-refractivity contribution is -0.124. The van der Waals surface area contributed by atoms with E-state index in [0.29, 0.717) is 12.3 Å². The van der Waals surface area contributed by atoms with E-state index in [1.165, 1.54) is 34.9 Å². The van der Waals surface area contributed by atoms with Gasteiger partial charge in [-0.2, -0.15) is 0 Å². The Morgan fingerprint density at radius 1 is 1.09 bits per heavy atom. The molecule has 0 saturated heterocycles. The Morgan fingerprint density at radius 2 is 1.80 bits per heavy atom. The van der Waals surface area contributed by atoms with E-state index in [0.717, 1.165) is 25.5 Å². The highest BCUT2D eigenvalue weighted by Gasteiger charge is 2.21. The Kier molecular flexibility index (Phi) is 9.13. The van der Waals surface area contributed by atoms with Crippen LogP contribution in [0.3, 0.4) is 0 Å². The first-order valence-electron chi connectivity index (χ1n) is 11.5. The van der Waals surface area contributed by atoms with Gasteiger partial charge in [0.25, 0.3) is 5.91 Å². The van der Waals surface area contributed by atoms with Crippen LogP contribution in [0.2, 0.25) is 0 Å². The fourth-order valence-electron chi connectivity index (χ4n) is 3.49. The van der Waals surface area contributed by atoms with Gasteiger partial charge in [0.2, 0.25) is 5.91 Å². The molecule has 35 heavy (non-hydrogen) atoms. The predicted octanol–water partition coefficient (Wildman–Crippen LogP) is 6.37. The fraction of sp³-hybridized carbons (Fsp3) is 0.333. The normalized spacial score (nSPS) is 12.9. The molecule has 0 fully saturated rings. The third kappa shape index (κ3) is 7.93. The summed E-state index contributed by atoms with van der Waals surface area (Å²) in [5.74, 6) is -0.305. The Balaban J connectivity index is 1.68. The van der Waals surface area contributed by atoms with Gasteiger partial charge in [0.15, 0.2) is 0 Å². The molecule has 0 bridgehead atoms. The maximum atomic E-state index is 13.1. The van der Waals surface area contributed by atoms with Crippen molar-refractivity contribution < 1.29 is 14.8 Å². The van der Waals surface area contributed by atoms with E-state index in [1.807, 2.05) is 24.3 Å². The Bertz CT molecular complexity index is 1190. The lowest BCUT2D eigenvalue weighted by Gasteiger charge is -2.21. The third-order valence-electron chi connectivity index (χ3n) is 5.38. The van der Waals surface area contributed by atoms with Gasteiger partial charge in [-0.3, -0.25) is 14.8 Å². The zero-order valence-corrected chi connectivity index (χ0v) is 22.3. The van der Waals surface area contributed by atoms with Gasteiger partial charge in [-0.25, -0.2) is 10.2 Å².